The molecule has 4 aromatic rings. The van der Waals surface area contributed by atoms with Crippen LogP contribution in [-0.4, -0.2) is 38.2 Å². The SMILES string of the molecule is COc1ccc(Cl)c(-n2c(=O)n(C[C@H]3CC[C@H](NC(=O)c4cc(Cl)cnc4C(F)F)CC3)c3cccnc32)c1. The Kier molecular flexibility index (Phi) is 7.86. The van der Waals surface area contributed by atoms with E-state index >= 15 is 0 Å². The number of halogens is 4. The fraction of sp³-hybridized carbons (Fsp3) is 0.333. The minimum atomic E-state index is -2.89. The van der Waals surface area contributed by atoms with Crippen molar-refractivity contribution < 1.29 is 18.3 Å². The van der Waals surface area contributed by atoms with Crippen molar-refractivity contribution >= 4 is 40.3 Å². The number of benzene rings is 1. The van der Waals surface area contributed by atoms with Crippen LogP contribution >= 0.6 is 23.2 Å². The molecule has 5 rings (SSSR count). The van der Waals surface area contributed by atoms with E-state index in [2.05, 4.69) is 15.3 Å². The summed E-state index contributed by atoms with van der Waals surface area (Å²) in [4.78, 5) is 34.5. The van der Waals surface area contributed by atoms with Gasteiger partial charge in [0.1, 0.15) is 11.4 Å². The number of fused-ring (bicyclic) bond motifs is 1. The summed E-state index contributed by atoms with van der Waals surface area (Å²) in [5.74, 6) is 0.109. The van der Waals surface area contributed by atoms with E-state index in [0.29, 0.717) is 47.0 Å². The zero-order valence-corrected chi connectivity index (χ0v) is 22.4. The molecule has 3 heterocycles. The first kappa shape index (κ1) is 27.1. The molecule has 39 heavy (non-hydrogen) atoms. The van der Waals surface area contributed by atoms with Crippen LogP contribution in [0, 0.1) is 5.92 Å². The number of hydrogen-bond acceptors (Lipinski definition) is 5. The predicted molar refractivity (Wildman–Crippen MR) is 144 cm³/mol. The number of methoxy groups -OCH3 is 1. The molecular formula is C27H25Cl2F2N5O3. The topological polar surface area (TPSA) is 91.0 Å². The zero-order valence-electron chi connectivity index (χ0n) is 20.9. The highest BCUT2D eigenvalue weighted by molar-refractivity contribution is 6.32. The predicted octanol–water partition coefficient (Wildman–Crippen LogP) is 5.82. The first-order chi connectivity index (χ1) is 18.8. The van der Waals surface area contributed by atoms with Gasteiger partial charge in [-0.05, 0) is 61.9 Å². The van der Waals surface area contributed by atoms with Crippen molar-refractivity contribution in [3.05, 3.63) is 80.6 Å². The Bertz CT molecular complexity index is 1580. The van der Waals surface area contributed by atoms with E-state index in [0.717, 1.165) is 19.0 Å². The molecule has 12 heteroatoms. The molecule has 1 N–H and O–H groups in total. The number of rotatable bonds is 7. The van der Waals surface area contributed by atoms with Gasteiger partial charge in [0.15, 0.2) is 5.65 Å². The standard InChI is InChI=1S/C27H25Cl2F2N5O3/c1-39-18-8-9-20(29)22(12-18)36-25-21(3-2-10-32-25)35(27(36)38)14-15-4-6-17(7-5-15)34-26(37)19-11-16(28)13-33-23(19)24(30)31/h2-3,8-13,15,17,24H,4-7,14H2,1H3,(H,34,37)/t15-,17-. The molecule has 1 aromatic carbocycles. The van der Waals surface area contributed by atoms with Gasteiger partial charge in [-0.3, -0.25) is 14.3 Å². The van der Waals surface area contributed by atoms with Crippen LogP contribution in [0.1, 0.15) is 48.2 Å². The molecule has 8 nitrogen and oxygen atoms in total. The van der Waals surface area contributed by atoms with E-state index in [1.54, 1.807) is 42.1 Å². The minimum Gasteiger partial charge on any atom is -0.497 e. The van der Waals surface area contributed by atoms with Gasteiger partial charge in [-0.15, -0.1) is 0 Å². The molecule has 3 aromatic heterocycles. The lowest BCUT2D eigenvalue weighted by atomic mass is 9.85. The lowest BCUT2D eigenvalue weighted by Gasteiger charge is -2.29. The number of carbonyl (C=O) groups excluding carboxylic acids is 1. The van der Waals surface area contributed by atoms with Crippen molar-refractivity contribution in [1.29, 1.82) is 0 Å². The van der Waals surface area contributed by atoms with Gasteiger partial charge < -0.3 is 10.1 Å². The van der Waals surface area contributed by atoms with Gasteiger partial charge in [-0.25, -0.2) is 23.1 Å². The number of alkyl halides is 2. The van der Waals surface area contributed by atoms with Gasteiger partial charge in [0.25, 0.3) is 12.3 Å². The monoisotopic (exact) mass is 575 g/mol. The fourth-order valence-electron chi connectivity index (χ4n) is 5.09. The molecule has 0 radical (unpaired) electrons. The van der Waals surface area contributed by atoms with Crippen LogP contribution in [0.2, 0.25) is 10.0 Å². The van der Waals surface area contributed by atoms with E-state index in [4.69, 9.17) is 27.9 Å². The third kappa shape index (κ3) is 5.49. The Labute approximate surface area is 232 Å². The molecule has 0 atom stereocenters. The molecule has 0 spiro atoms. The zero-order chi connectivity index (χ0) is 27.7. The molecule has 0 saturated heterocycles. The number of imidazole rings is 1. The highest BCUT2D eigenvalue weighted by atomic mass is 35.5. The van der Waals surface area contributed by atoms with E-state index in [-0.39, 0.29) is 28.2 Å². The minimum absolute atomic E-state index is 0.114. The molecule has 204 valence electrons. The van der Waals surface area contributed by atoms with E-state index in [9.17, 15) is 18.4 Å². The second-order valence-corrected chi connectivity index (χ2v) is 10.3. The third-order valence-electron chi connectivity index (χ3n) is 7.04. The fourth-order valence-corrected chi connectivity index (χ4v) is 5.45. The second kappa shape index (κ2) is 11.3. The maximum Gasteiger partial charge on any atom is 0.335 e. The van der Waals surface area contributed by atoms with E-state index < -0.39 is 18.0 Å². The smallest absolute Gasteiger partial charge is 0.335 e. The molecule has 0 aliphatic heterocycles. The number of amides is 1. The van der Waals surface area contributed by atoms with Crippen molar-refractivity contribution in [1.82, 2.24) is 24.4 Å². The van der Waals surface area contributed by atoms with Crippen LogP contribution in [0.5, 0.6) is 5.75 Å². The maximum absolute atomic E-state index is 13.6. The Hall–Kier alpha value is -3.50. The number of nitrogens with one attached hydrogen (secondary N) is 1. The van der Waals surface area contributed by atoms with Crippen molar-refractivity contribution in [2.24, 2.45) is 5.92 Å². The van der Waals surface area contributed by atoms with Gasteiger partial charge in [-0.2, -0.15) is 0 Å². The molecule has 1 saturated carbocycles. The number of aromatic nitrogens is 4. The van der Waals surface area contributed by atoms with E-state index in [1.165, 1.54) is 10.6 Å². The summed E-state index contributed by atoms with van der Waals surface area (Å²) in [5.41, 5.74) is 0.581. The van der Waals surface area contributed by atoms with Crippen LogP contribution in [0.4, 0.5) is 8.78 Å². The molecule has 0 bridgehead atoms. The van der Waals surface area contributed by atoms with Gasteiger partial charge >= 0.3 is 5.69 Å². The number of pyridine rings is 2. The molecule has 1 amide bonds. The summed E-state index contributed by atoms with van der Waals surface area (Å²) in [7, 11) is 1.54. The van der Waals surface area contributed by atoms with Gasteiger partial charge in [0.05, 0.1) is 33.9 Å². The largest absolute Gasteiger partial charge is 0.497 e. The molecular weight excluding hydrogens is 551 g/mol. The Morgan fingerprint density at radius 3 is 2.64 bits per heavy atom. The van der Waals surface area contributed by atoms with Crippen molar-refractivity contribution in [3.8, 4) is 11.4 Å². The number of hydrogen-bond donors (Lipinski definition) is 1. The number of nitrogens with zero attached hydrogens (tertiary/aromatic N) is 4. The molecule has 1 fully saturated rings. The maximum atomic E-state index is 13.6. The molecule has 1 aliphatic rings. The summed E-state index contributed by atoms with van der Waals surface area (Å²) < 4.78 is 35.2. The summed E-state index contributed by atoms with van der Waals surface area (Å²) in [6, 6.07) is 9.74. The number of ether oxygens (including phenoxy) is 1. The third-order valence-corrected chi connectivity index (χ3v) is 7.57. The summed E-state index contributed by atoms with van der Waals surface area (Å²) >= 11 is 12.3. The lowest BCUT2D eigenvalue weighted by Crippen LogP contribution is -2.39. The number of carbonyl (C=O) groups is 1. The lowest BCUT2D eigenvalue weighted by molar-refractivity contribution is 0.0904. The summed E-state index contributed by atoms with van der Waals surface area (Å²) in [6.45, 7) is 0.462. The van der Waals surface area contributed by atoms with Crippen molar-refractivity contribution in [3.63, 3.8) is 0 Å². The van der Waals surface area contributed by atoms with Gasteiger partial charge in [0.2, 0.25) is 0 Å². The average molecular weight is 576 g/mol. The quantitative estimate of drug-likeness (QED) is 0.299. The first-order valence-corrected chi connectivity index (χ1v) is 13.2. The van der Waals surface area contributed by atoms with Gasteiger partial charge in [-0.1, -0.05) is 23.2 Å². The summed E-state index contributed by atoms with van der Waals surface area (Å²) in [6.07, 6.45) is 2.59. The summed E-state index contributed by atoms with van der Waals surface area (Å²) in [5, 5.41) is 3.35. The van der Waals surface area contributed by atoms with Crippen LogP contribution < -0.4 is 15.7 Å². The van der Waals surface area contributed by atoms with Gasteiger partial charge in [0, 0.05) is 31.0 Å². The molecule has 0 unspecified atom stereocenters. The molecule has 1 aliphatic carbocycles. The Balaban J connectivity index is 1.33. The van der Waals surface area contributed by atoms with Crippen LogP contribution in [0.3, 0.4) is 0 Å². The highest BCUT2D eigenvalue weighted by Gasteiger charge is 2.27. The first-order valence-electron chi connectivity index (χ1n) is 12.4. The van der Waals surface area contributed by atoms with Crippen molar-refractivity contribution in [2.75, 3.05) is 7.11 Å². The van der Waals surface area contributed by atoms with Crippen molar-refractivity contribution in [2.45, 2.75) is 44.7 Å². The highest BCUT2D eigenvalue weighted by Crippen LogP contribution is 2.30. The van der Waals surface area contributed by atoms with Crippen LogP contribution in [-0.2, 0) is 6.54 Å². The van der Waals surface area contributed by atoms with E-state index in [1.807, 2.05) is 6.07 Å². The average Bonchev–Trinajstić information content (AvgIpc) is 3.20. The Morgan fingerprint density at radius 1 is 1.15 bits per heavy atom. The van der Waals surface area contributed by atoms with Crippen LogP contribution in [0.15, 0.2) is 53.6 Å². The Morgan fingerprint density at radius 2 is 1.92 bits per heavy atom. The normalized spacial score (nSPS) is 17.5. The second-order valence-electron chi connectivity index (χ2n) is 9.47. The van der Waals surface area contributed by atoms with Crippen LogP contribution in [0.25, 0.3) is 16.9 Å².